The molecule has 0 saturated carbocycles. The summed E-state index contributed by atoms with van der Waals surface area (Å²) in [4.78, 5) is 18.4. The van der Waals surface area contributed by atoms with Crippen LogP contribution < -0.4 is 0 Å². The van der Waals surface area contributed by atoms with Gasteiger partial charge in [0.2, 0.25) is 0 Å². The van der Waals surface area contributed by atoms with E-state index in [-0.39, 0.29) is 5.91 Å². The third-order valence-corrected chi connectivity index (χ3v) is 3.35. The highest BCUT2D eigenvalue weighted by Crippen LogP contribution is 2.09. The van der Waals surface area contributed by atoms with Crippen LogP contribution in [0.5, 0.6) is 0 Å². The zero-order valence-electron chi connectivity index (χ0n) is 12.0. The highest BCUT2D eigenvalue weighted by Gasteiger charge is 2.13. The summed E-state index contributed by atoms with van der Waals surface area (Å²) in [6.07, 6.45) is 4.43. The largest absolute Gasteiger partial charge is 0.339 e. The van der Waals surface area contributed by atoms with Gasteiger partial charge in [0, 0.05) is 31.0 Å². The van der Waals surface area contributed by atoms with Gasteiger partial charge in [-0.25, -0.2) is 0 Å². The lowest BCUT2D eigenvalue weighted by Gasteiger charge is -2.21. The summed E-state index contributed by atoms with van der Waals surface area (Å²) in [5.41, 5.74) is 3.08. The number of aromatic nitrogens is 1. The Bertz CT molecular complexity index is 566. The summed E-state index contributed by atoms with van der Waals surface area (Å²) in [6.45, 7) is 5.47. The van der Waals surface area contributed by atoms with Crippen molar-refractivity contribution in [2.24, 2.45) is 0 Å². The number of amides is 1. The molecule has 1 aromatic carbocycles. The molecule has 0 unspecified atom stereocenters. The molecule has 3 heteroatoms. The fourth-order valence-electron chi connectivity index (χ4n) is 2.18. The SMILES string of the molecule is CCN(CCc1ccncc1)C(=O)c1cccc(C)c1. The number of likely N-dealkylation sites (N-methyl/N-ethyl adjacent to an activating group) is 1. The number of rotatable bonds is 5. The van der Waals surface area contributed by atoms with Gasteiger partial charge < -0.3 is 4.90 Å². The average Bonchev–Trinajstić information content (AvgIpc) is 2.48. The van der Waals surface area contributed by atoms with Crippen molar-refractivity contribution >= 4 is 5.91 Å². The van der Waals surface area contributed by atoms with E-state index in [0.29, 0.717) is 0 Å². The molecular weight excluding hydrogens is 248 g/mol. The molecule has 1 amide bonds. The van der Waals surface area contributed by atoms with E-state index in [9.17, 15) is 4.79 Å². The second-order valence-electron chi connectivity index (χ2n) is 4.86. The number of hydrogen-bond donors (Lipinski definition) is 0. The number of carbonyl (C=O) groups excluding carboxylic acids is 1. The first-order valence-corrected chi connectivity index (χ1v) is 6.95. The minimum atomic E-state index is 0.102. The highest BCUT2D eigenvalue weighted by atomic mass is 16.2. The molecule has 104 valence electrons. The van der Waals surface area contributed by atoms with Crippen molar-refractivity contribution in [3.8, 4) is 0 Å². The minimum absolute atomic E-state index is 0.102. The summed E-state index contributed by atoms with van der Waals surface area (Å²) in [5.74, 6) is 0.102. The van der Waals surface area contributed by atoms with Gasteiger partial charge in [0.15, 0.2) is 0 Å². The fraction of sp³-hybridized carbons (Fsp3) is 0.294. The molecule has 0 radical (unpaired) electrons. The molecule has 20 heavy (non-hydrogen) atoms. The van der Waals surface area contributed by atoms with Crippen LogP contribution in [-0.2, 0) is 6.42 Å². The monoisotopic (exact) mass is 268 g/mol. The Balaban J connectivity index is 2.03. The zero-order valence-corrected chi connectivity index (χ0v) is 12.0. The average molecular weight is 268 g/mol. The zero-order chi connectivity index (χ0) is 14.4. The summed E-state index contributed by atoms with van der Waals surface area (Å²) >= 11 is 0. The van der Waals surface area contributed by atoms with Gasteiger partial charge in [-0.1, -0.05) is 17.7 Å². The van der Waals surface area contributed by atoms with Crippen molar-refractivity contribution in [3.05, 3.63) is 65.5 Å². The molecule has 0 fully saturated rings. The lowest BCUT2D eigenvalue weighted by Crippen LogP contribution is -2.32. The van der Waals surface area contributed by atoms with Crippen LogP contribution in [0.4, 0.5) is 0 Å². The number of nitrogens with zero attached hydrogens (tertiary/aromatic N) is 2. The summed E-state index contributed by atoms with van der Waals surface area (Å²) in [7, 11) is 0. The first-order valence-electron chi connectivity index (χ1n) is 6.95. The third-order valence-electron chi connectivity index (χ3n) is 3.35. The van der Waals surface area contributed by atoms with E-state index < -0.39 is 0 Å². The maximum atomic E-state index is 12.5. The van der Waals surface area contributed by atoms with Crippen molar-refractivity contribution in [2.45, 2.75) is 20.3 Å². The maximum Gasteiger partial charge on any atom is 0.253 e. The van der Waals surface area contributed by atoms with Crippen LogP contribution in [0.15, 0.2) is 48.8 Å². The lowest BCUT2D eigenvalue weighted by molar-refractivity contribution is 0.0766. The Morgan fingerprint density at radius 1 is 1.20 bits per heavy atom. The van der Waals surface area contributed by atoms with E-state index >= 15 is 0 Å². The summed E-state index contributed by atoms with van der Waals surface area (Å²) < 4.78 is 0. The Kier molecular flexibility index (Phi) is 4.88. The lowest BCUT2D eigenvalue weighted by atomic mass is 10.1. The Labute approximate surface area is 120 Å². The van der Waals surface area contributed by atoms with Gasteiger partial charge in [0.1, 0.15) is 0 Å². The van der Waals surface area contributed by atoms with E-state index in [1.54, 1.807) is 12.4 Å². The maximum absolute atomic E-state index is 12.5. The van der Waals surface area contributed by atoms with Gasteiger partial charge in [-0.3, -0.25) is 9.78 Å². The first kappa shape index (κ1) is 14.3. The number of carbonyl (C=O) groups is 1. The second-order valence-corrected chi connectivity index (χ2v) is 4.86. The smallest absolute Gasteiger partial charge is 0.253 e. The third kappa shape index (κ3) is 3.67. The molecular formula is C17H20N2O. The highest BCUT2D eigenvalue weighted by molar-refractivity contribution is 5.94. The van der Waals surface area contributed by atoms with Gasteiger partial charge in [-0.15, -0.1) is 0 Å². The molecule has 1 aromatic heterocycles. The van der Waals surface area contributed by atoms with Crippen LogP contribution in [0.25, 0.3) is 0 Å². The van der Waals surface area contributed by atoms with E-state index in [0.717, 1.165) is 30.6 Å². The molecule has 0 aliphatic carbocycles. The van der Waals surface area contributed by atoms with Crippen LogP contribution in [0.3, 0.4) is 0 Å². The van der Waals surface area contributed by atoms with Gasteiger partial charge in [0.05, 0.1) is 0 Å². The quantitative estimate of drug-likeness (QED) is 0.835. The molecule has 2 aromatic rings. The van der Waals surface area contributed by atoms with Gasteiger partial charge >= 0.3 is 0 Å². The van der Waals surface area contributed by atoms with Crippen molar-refractivity contribution < 1.29 is 4.79 Å². The van der Waals surface area contributed by atoms with E-state index in [1.807, 2.05) is 55.1 Å². The van der Waals surface area contributed by atoms with Crippen molar-refractivity contribution in [1.29, 1.82) is 0 Å². The minimum Gasteiger partial charge on any atom is -0.339 e. The standard InChI is InChI=1S/C17H20N2O/c1-3-19(12-9-15-7-10-18-11-8-15)17(20)16-6-4-5-14(2)13-16/h4-8,10-11,13H,3,9,12H2,1-2H3. The number of pyridine rings is 1. The normalized spacial score (nSPS) is 10.3. The Hall–Kier alpha value is -2.16. The number of benzene rings is 1. The van der Waals surface area contributed by atoms with Crippen molar-refractivity contribution in [1.82, 2.24) is 9.88 Å². The molecule has 0 aliphatic rings. The molecule has 0 bridgehead atoms. The van der Waals surface area contributed by atoms with Crippen LogP contribution in [0, 0.1) is 6.92 Å². The van der Waals surface area contributed by atoms with E-state index in [2.05, 4.69) is 4.98 Å². The summed E-state index contributed by atoms with van der Waals surface area (Å²) in [5, 5.41) is 0. The Morgan fingerprint density at radius 2 is 1.95 bits per heavy atom. The number of hydrogen-bond acceptors (Lipinski definition) is 2. The van der Waals surface area contributed by atoms with Gasteiger partial charge in [-0.05, 0) is 50.1 Å². The van der Waals surface area contributed by atoms with Gasteiger partial charge in [-0.2, -0.15) is 0 Å². The predicted octanol–water partition coefficient (Wildman–Crippen LogP) is 3.09. The topological polar surface area (TPSA) is 33.2 Å². The van der Waals surface area contributed by atoms with Crippen LogP contribution in [0.1, 0.15) is 28.4 Å². The Morgan fingerprint density at radius 3 is 2.60 bits per heavy atom. The van der Waals surface area contributed by atoms with E-state index in [4.69, 9.17) is 0 Å². The molecule has 0 saturated heterocycles. The van der Waals surface area contributed by atoms with Crippen molar-refractivity contribution in [2.75, 3.05) is 13.1 Å². The fourth-order valence-corrected chi connectivity index (χ4v) is 2.18. The van der Waals surface area contributed by atoms with Gasteiger partial charge in [0.25, 0.3) is 5.91 Å². The summed E-state index contributed by atoms with van der Waals surface area (Å²) in [6, 6.07) is 11.7. The van der Waals surface area contributed by atoms with Crippen molar-refractivity contribution in [3.63, 3.8) is 0 Å². The number of aryl methyl sites for hydroxylation is 1. The molecule has 0 atom stereocenters. The molecule has 1 heterocycles. The molecule has 3 nitrogen and oxygen atoms in total. The van der Waals surface area contributed by atoms with Crippen LogP contribution in [-0.4, -0.2) is 28.9 Å². The molecule has 0 N–H and O–H groups in total. The molecule has 0 aliphatic heterocycles. The van der Waals surface area contributed by atoms with E-state index in [1.165, 1.54) is 5.56 Å². The molecule has 0 spiro atoms. The van der Waals surface area contributed by atoms with Crippen LogP contribution >= 0.6 is 0 Å². The second kappa shape index (κ2) is 6.85. The first-order chi connectivity index (χ1) is 9.70. The predicted molar refractivity (Wildman–Crippen MR) is 80.7 cm³/mol. The van der Waals surface area contributed by atoms with Crippen LogP contribution in [0.2, 0.25) is 0 Å². The molecule has 2 rings (SSSR count).